The van der Waals surface area contributed by atoms with Crippen LogP contribution in [0.1, 0.15) is 34.8 Å². The second kappa shape index (κ2) is 10.1. The maximum atomic E-state index is 12.7. The molecule has 0 radical (unpaired) electrons. The summed E-state index contributed by atoms with van der Waals surface area (Å²) < 4.78 is 16.1. The minimum atomic E-state index is -0.550. The maximum absolute atomic E-state index is 12.7. The lowest BCUT2D eigenvalue weighted by atomic mass is 10.1. The van der Waals surface area contributed by atoms with E-state index in [4.69, 9.17) is 13.9 Å². The van der Waals surface area contributed by atoms with Crippen LogP contribution in [0.4, 0.5) is 10.5 Å². The van der Waals surface area contributed by atoms with Crippen LogP contribution in [-0.2, 0) is 9.47 Å². The Morgan fingerprint density at radius 2 is 2.00 bits per heavy atom. The van der Waals surface area contributed by atoms with Crippen LogP contribution < -0.4 is 10.6 Å². The molecule has 1 aliphatic rings. The average Bonchev–Trinajstić information content (AvgIpc) is 3.15. The fourth-order valence-corrected chi connectivity index (χ4v) is 3.25. The highest BCUT2D eigenvalue weighted by Gasteiger charge is 2.26. The summed E-state index contributed by atoms with van der Waals surface area (Å²) >= 11 is 0. The number of carbonyl (C=O) groups excluding carboxylic acids is 2. The third kappa shape index (κ3) is 5.82. The molecule has 1 aromatic heterocycles. The first-order valence-electron chi connectivity index (χ1n) is 9.77. The van der Waals surface area contributed by atoms with E-state index in [0.29, 0.717) is 31.0 Å². The number of aryl methyl sites for hydroxylation is 1. The molecule has 0 aliphatic carbocycles. The molecule has 156 valence electrons. The molecule has 8 heteroatoms. The molecule has 3 rings (SSSR count). The fraction of sp³-hybridized carbons (Fsp3) is 0.429. The number of rotatable bonds is 7. The zero-order valence-electron chi connectivity index (χ0n) is 16.8. The van der Waals surface area contributed by atoms with Gasteiger partial charge in [-0.2, -0.15) is 0 Å². The number of hydrogen-bond donors (Lipinski definition) is 2. The highest BCUT2D eigenvalue weighted by Crippen LogP contribution is 2.23. The van der Waals surface area contributed by atoms with Crippen molar-refractivity contribution in [1.82, 2.24) is 10.2 Å². The number of morpholine rings is 1. The second-order valence-corrected chi connectivity index (χ2v) is 6.75. The Labute approximate surface area is 170 Å². The molecule has 1 aliphatic heterocycles. The third-order valence-corrected chi connectivity index (χ3v) is 4.68. The van der Waals surface area contributed by atoms with Crippen molar-refractivity contribution in [3.63, 3.8) is 0 Å². The molecule has 2 N–H and O–H groups in total. The summed E-state index contributed by atoms with van der Waals surface area (Å²) in [6.45, 7) is 7.19. The van der Waals surface area contributed by atoms with Gasteiger partial charge >= 0.3 is 6.09 Å². The molecule has 1 atom stereocenters. The molecular formula is C21H27N3O5. The predicted octanol–water partition coefficient (Wildman–Crippen LogP) is 2.96. The Morgan fingerprint density at radius 3 is 2.69 bits per heavy atom. The number of ether oxygens (including phenoxy) is 2. The number of furan rings is 1. The smallest absolute Gasteiger partial charge is 0.411 e. The van der Waals surface area contributed by atoms with Crippen LogP contribution in [0, 0.1) is 6.92 Å². The van der Waals surface area contributed by atoms with E-state index in [-0.39, 0.29) is 18.6 Å². The normalized spacial score (nSPS) is 15.5. The zero-order chi connectivity index (χ0) is 20.6. The molecule has 0 bridgehead atoms. The van der Waals surface area contributed by atoms with Crippen LogP contribution >= 0.6 is 0 Å². The second-order valence-electron chi connectivity index (χ2n) is 6.75. The number of nitrogens with zero attached hydrogens (tertiary/aromatic N) is 1. The number of anilines is 1. The summed E-state index contributed by atoms with van der Waals surface area (Å²) in [5.41, 5.74) is 0.957. The Balaban J connectivity index is 1.66. The van der Waals surface area contributed by atoms with Crippen molar-refractivity contribution in [3.05, 3.63) is 53.5 Å². The summed E-state index contributed by atoms with van der Waals surface area (Å²) in [6, 6.07) is 10.5. The summed E-state index contributed by atoms with van der Waals surface area (Å²) in [7, 11) is 0. The molecule has 1 unspecified atom stereocenters. The SMILES string of the molecule is CCOC(=O)Nc1cccc(C(=O)NCC(c2ccc(C)o2)N2CCOCC2)c1. The van der Waals surface area contributed by atoms with Gasteiger partial charge in [0.05, 0.1) is 25.9 Å². The van der Waals surface area contributed by atoms with Crippen molar-refractivity contribution in [2.45, 2.75) is 19.9 Å². The lowest BCUT2D eigenvalue weighted by Crippen LogP contribution is -2.43. The Hall–Kier alpha value is -2.84. The van der Waals surface area contributed by atoms with Gasteiger partial charge < -0.3 is 19.2 Å². The number of hydrogen-bond acceptors (Lipinski definition) is 6. The predicted molar refractivity (Wildman–Crippen MR) is 108 cm³/mol. The highest BCUT2D eigenvalue weighted by atomic mass is 16.5. The quantitative estimate of drug-likeness (QED) is 0.741. The molecule has 1 fully saturated rings. The standard InChI is InChI=1S/C21H27N3O5/c1-3-28-21(26)23-17-6-4-5-16(13-17)20(25)22-14-18(19-8-7-15(2)29-19)24-9-11-27-12-10-24/h4-8,13,18H,3,9-12,14H2,1-2H3,(H,22,25)(H,23,26). The van der Waals surface area contributed by atoms with E-state index >= 15 is 0 Å². The van der Waals surface area contributed by atoms with Crippen molar-refractivity contribution in [1.29, 1.82) is 0 Å². The van der Waals surface area contributed by atoms with Crippen LogP contribution in [0.2, 0.25) is 0 Å². The lowest BCUT2D eigenvalue weighted by Gasteiger charge is -2.33. The Kier molecular flexibility index (Phi) is 7.26. The van der Waals surface area contributed by atoms with Gasteiger partial charge in [-0.3, -0.25) is 15.0 Å². The molecule has 29 heavy (non-hydrogen) atoms. The van der Waals surface area contributed by atoms with Gasteiger partial charge in [0.1, 0.15) is 11.5 Å². The summed E-state index contributed by atoms with van der Waals surface area (Å²) in [5, 5.41) is 5.59. The molecule has 0 saturated carbocycles. The van der Waals surface area contributed by atoms with Crippen molar-refractivity contribution in [2.75, 3.05) is 44.8 Å². The van der Waals surface area contributed by atoms with Gasteiger partial charge in [-0.1, -0.05) is 6.07 Å². The van der Waals surface area contributed by atoms with Gasteiger partial charge in [0.2, 0.25) is 0 Å². The minimum absolute atomic E-state index is 0.0719. The van der Waals surface area contributed by atoms with Crippen molar-refractivity contribution in [2.24, 2.45) is 0 Å². The van der Waals surface area contributed by atoms with E-state index in [1.54, 1.807) is 31.2 Å². The van der Waals surface area contributed by atoms with E-state index in [1.807, 2.05) is 19.1 Å². The molecule has 2 heterocycles. The maximum Gasteiger partial charge on any atom is 0.411 e. The minimum Gasteiger partial charge on any atom is -0.465 e. The summed E-state index contributed by atoms with van der Waals surface area (Å²) in [5.74, 6) is 1.43. The third-order valence-electron chi connectivity index (χ3n) is 4.68. The molecule has 2 amide bonds. The van der Waals surface area contributed by atoms with Crippen LogP contribution in [0.25, 0.3) is 0 Å². The number of benzene rings is 1. The zero-order valence-corrected chi connectivity index (χ0v) is 16.8. The van der Waals surface area contributed by atoms with Gasteiger partial charge in [0.15, 0.2) is 0 Å². The number of carbonyl (C=O) groups is 2. The number of nitrogens with one attached hydrogen (secondary N) is 2. The number of amides is 2. The van der Waals surface area contributed by atoms with E-state index in [1.165, 1.54) is 0 Å². The van der Waals surface area contributed by atoms with E-state index in [2.05, 4.69) is 15.5 Å². The fourth-order valence-electron chi connectivity index (χ4n) is 3.25. The molecule has 1 aromatic carbocycles. The monoisotopic (exact) mass is 401 g/mol. The van der Waals surface area contributed by atoms with E-state index in [0.717, 1.165) is 24.6 Å². The van der Waals surface area contributed by atoms with Crippen LogP contribution in [0.3, 0.4) is 0 Å². The first-order valence-corrected chi connectivity index (χ1v) is 9.77. The highest BCUT2D eigenvalue weighted by molar-refractivity contribution is 5.96. The molecule has 2 aromatic rings. The lowest BCUT2D eigenvalue weighted by molar-refractivity contribution is 0.0117. The van der Waals surface area contributed by atoms with E-state index < -0.39 is 6.09 Å². The van der Waals surface area contributed by atoms with Gasteiger partial charge in [-0.25, -0.2) is 4.79 Å². The van der Waals surface area contributed by atoms with Crippen molar-refractivity contribution >= 4 is 17.7 Å². The molecule has 1 saturated heterocycles. The Bertz CT molecular complexity index is 829. The first-order chi connectivity index (χ1) is 14.1. The van der Waals surface area contributed by atoms with Gasteiger partial charge in [-0.15, -0.1) is 0 Å². The summed E-state index contributed by atoms with van der Waals surface area (Å²) in [6.07, 6.45) is -0.550. The Morgan fingerprint density at radius 1 is 1.21 bits per heavy atom. The average molecular weight is 401 g/mol. The van der Waals surface area contributed by atoms with Gasteiger partial charge in [-0.05, 0) is 44.2 Å². The molecule has 0 spiro atoms. The van der Waals surface area contributed by atoms with Crippen LogP contribution in [0.5, 0.6) is 0 Å². The topological polar surface area (TPSA) is 93.0 Å². The van der Waals surface area contributed by atoms with Crippen molar-refractivity contribution < 1.29 is 23.5 Å². The summed E-state index contributed by atoms with van der Waals surface area (Å²) in [4.78, 5) is 26.5. The van der Waals surface area contributed by atoms with Crippen molar-refractivity contribution in [3.8, 4) is 0 Å². The van der Waals surface area contributed by atoms with Gasteiger partial charge in [0.25, 0.3) is 5.91 Å². The largest absolute Gasteiger partial charge is 0.465 e. The van der Waals surface area contributed by atoms with Crippen LogP contribution in [-0.4, -0.2) is 56.4 Å². The van der Waals surface area contributed by atoms with Crippen LogP contribution in [0.15, 0.2) is 40.8 Å². The van der Waals surface area contributed by atoms with Gasteiger partial charge in [0, 0.05) is 30.9 Å². The molecule has 8 nitrogen and oxygen atoms in total. The first kappa shape index (κ1) is 20.9. The van der Waals surface area contributed by atoms with E-state index in [9.17, 15) is 9.59 Å². The molecular weight excluding hydrogens is 374 g/mol.